The first kappa shape index (κ1) is 59.5. The number of carbonyl (C=O) groups excluding carboxylic acids is 7. The zero-order valence-electron chi connectivity index (χ0n) is 46.6. The number of piperidine rings is 1. The van der Waals surface area contributed by atoms with E-state index in [9.17, 15) is 33.6 Å². The van der Waals surface area contributed by atoms with Gasteiger partial charge in [-0.25, -0.2) is 19.2 Å². The molecule has 7 rings (SSSR count). The third-order valence-electron chi connectivity index (χ3n) is 12.8. The number of amides is 6. The van der Waals surface area contributed by atoms with Crippen molar-refractivity contribution >= 4 is 53.3 Å². The fourth-order valence-corrected chi connectivity index (χ4v) is 9.09. The van der Waals surface area contributed by atoms with E-state index in [1.54, 1.807) is 49.6 Å². The van der Waals surface area contributed by atoms with E-state index in [1.807, 2.05) is 95.3 Å². The number of rotatable bonds is 14. The van der Waals surface area contributed by atoms with Crippen LogP contribution >= 0.6 is 0 Å². The SMILES string of the molecule is C#Cc1cc2c(cc1C(=O)N(C(C)C)[C@@H]1CCCN(C(=O)OC(C)(C)C)C1)N(CCNC(=O)OCc1ccccc1)C(=O)C(C)(C)O2.C#Cc1cc2c(cc1C(=O)OC)N(CCNC(=O)OCc1ccccc1)C(=O)C(C)(C)O2. The Labute approximate surface area is 462 Å². The Morgan fingerprint density at radius 1 is 0.734 bits per heavy atom. The summed E-state index contributed by atoms with van der Waals surface area (Å²) in [7, 11) is 1.25. The van der Waals surface area contributed by atoms with Crippen molar-refractivity contribution in [2.75, 3.05) is 56.2 Å². The van der Waals surface area contributed by atoms with Crippen molar-refractivity contribution in [2.24, 2.45) is 0 Å². The number of likely N-dealkylation sites (tertiary alicyclic amines) is 1. The van der Waals surface area contributed by atoms with Crippen LogP contribution in [0, 0.1) is 24.7 Å². The Kier molecular flexibility index (Phi) is 19.3. The molecule has 1 atom stereocenters. The second-order valence-electron chi connectivity index (χ2n) is 21.2. The van der Waals surface area contributed by atoms with Crippen LogP contribution in [-0.4, -0.2) is 127 Å². The lowest BCUT2D eigenvalue weighted by molar-refractivity contribution is -0.133. The number of alkyl carbamates (subject to hydrolysis) is 2. The van der Waals surface area contributed by atoms with Gasteiger partial charge in [0.05, 0.1) is 35.7 Å². The number of terminal acetylenes is 2. The second kappa shape index (κ2) is 25.6. The minimum absolute atomic E-state index is 0.0930. The number of anilines is 2. The maximum atomic E-state index is 14.3. The molecule has 4 aromatic rings. The van der Waals surface area contributed by atoms with Crippen molar-refractivity contribution in [1.29, 1.82) is 0 Å². The Morgan fingerprint density at radius 3 is 1.62 bits per heavy atom. The number of fused-ring (bicyclic) bond motifs is 2. The van der Waals surface area contributed by atoms with Gasteiger partial charge in [0, 0.05) is 56.4 Å². The van der Waals surface area contributed by atoms with Crippen LogP contribution in [0.4, 0.5) is 25.8 Å². The standard InChI is InChI=1S/C36H46N4O7.C24H24N2O6/c1-9-26-20-30-29(39(32(42)36(7,8)46-30)19-17-37-33(43)45-23-25-14-11-10-12-15-25)21-28(26)31(41)40(24(2)3)27-16-13-18-38(22-27)34(44)47-35(4,5)6;1-5-17-13-20-19(14-18(17)21(27)30-4)26(22(28)24(2,3)32-20)12-11-25-23(29)31-15-16-9-7-6-8-10-16/h1,10-12,14-15,20-21,24,27H,13,16-19,22-23H2,2-8H3,(H,37,43);1,6-10,13-14H,11-12,15H2,2-4H3,(H,25,29)/t27-;/m1./s1. The van der Waals surface area contributed by atoms with Crippen molar-refractivity contribution in [3.05, 3.63) is 118 Å². The molecule has 79 heavy (non-hydrogen) atoms. The molecule has 0 spiro atoms. The highest BCUT2D eigenvalue weighted by Gasteiger charge is 2.44. The van der Waals surface area contributed by atoms with E-state index in [1.165, 1.54) is 29.0 Å². The molecular weight excluding hydrogens is 1010 g/mol. The molecule has 418 valence electrons. The van der Waals surface area contributed by atoms with E-state index < -0.39 is 41.1 Å². The van der Waals surface area contributed by atoms with E-state index in [0.717, 1.165) is 11.1 Å². The summed E-state index contributed by atoms with van der Waals surface area (Å²) in [6.07, 6.45) is 11.2. The zero-order valence-corrected chi connectivity index (χ0v) is 46.6. The molecule has 0 aromatic heterocycles. The van der Waals surface area contributed by atoms with E-state index in [4.69, 9.17) is 41.3 Å². The molecule has 1 saturated heterocycles. The number of nitrogens with zero attached hydrogens (tertiary/aromatic N) is 4. The van der Waals surface area contributed by atoms with E-state index in [-0.39, 0.29) is 80.3 Å². The topological polar surface area (TPSA) is 212 Å². The second-order valence-corrected chi connectivity index (χ2v) is 21.2. The highest BCUT2D eigenvalue weighted by atomic mass is 16.6. The average Bonchev–Trinajstić information content (AvgIpc) is 3.41. The van der Waals surface area contributed by atoms with Gasteiger partial charge in [0.15, 0.2) is 11.2 Å². The van der Waals surface area contributed by atoms with Crippen LogP contribution in [0.25, 0.3) is 0 Å². The molecule has 0 bridgehead atoms. The number of nitrogens with one attached hydrogen (secondary N) is 2. The zero-order chi connectivity index (χ0) is 57.8. The maximum Gasteiger partial charge on any atom is 0.410 e. The minimum Gasteiger partial charge on any atom is -0.476 e. The lowest BCUT2D eigenvalue weighted by Gasteiger charge is -2.42. The fraction of sp³-hybridized carbons (Fsp3) is 0.417. The summed E-state index contributed by atoms with van der Waals surface area (Å²) in [4.78, 5) is 96.7. The summed E-state index contributed by atoms with van der Waals surface area (Å²) in [5.41, 5.74) is 0.457. The summed E-state index contributed by atoms with van der Waals surface area (Å²) in [6, 6.07) is 24.3. The highest BCUT2D eigenvalue weighted by Crippen LogP contribution is 2.42. The van der Waals surface area contributed by atoms with Gasteiger partial charge in [-0.1, -0.05) is 72.5 Å². The van der Waals surface area contributed by atoms with Crippen LogP contribution in [0.1, 0.15) is 118 Å². The molecule has 19 nitrogen and oxygen atoms in total. The summed E-state index contributed by atoms with van der Waals surface area (Å²) in [5, 5.41) is 5.33. The van der Waals surface area contributed by atoms with E-state index in [0.29, 0.717) is 59.9 Å². The first-order chi connectivity index (χ1) is 37.4. The number of ether oxygens (including phenoxy) is 6. The molecule has 3 aliphatic heterocycles. The summed E-state index contributed by atoms with van der Waals surface area (Å²) in [5.74, 6) is 4.19. The minimum atomic E-state index is -1.21. The summed E-state index contributed by atoms with van der Waals surface area (Å²) >= 11 is 0. The van der Waals surface area contributed by atoms with Gasteiger partial charge >= 0.3 is 24.2 Å². The third-order valence-corrected chi connectivity index (χ3v) is 12.8. The first-order valence-corrected chi connectivity index (χ1v) is 26.0. The van der Waals surface area contributed by atoms with Gasteiger partial charge in [0.25, 0.3) is 17.7 Å². The monoisotopic (exact) mass is 1080 g/mol. The van der Waals surface area contributed by atoms with E-state index >= 15 is 0 Å². The predicted molar refractivity (Wildman–Crippen MR) is 296 cm³/mol. The number of hydrogen-bond acceptors (Lipinski definition) is 13. The van der Waals surface area contributed by atoms with E-state index in [2.05, 4.69) is 22.5 Å². The van der Waals surface area contributed by atoms with Gasteiger partial charge in [0.1, 0.15) is 30.3 Å². The first-order valence-electron chi connectivity index (χ1n) is 26.0. The fourth-order valence-electron chi connectivity index (χ4n) is 9.09. The van der Waals surface area contributed by atoms with Crippen LogP contribution in [0.5, 0.6) is 11.5 Å². The number of benzene rings is 4. The molecule has 6 amide bonds. The maximum absolute atomic E-state index is 14.3. The lowest BCUT2D eigenvalue weighted by Crippen LogP contribution is -2.55. The highest BCUT2D eigenvalue weighted by molar-refractivity contribution is 6.06. The molecule has 0 aliphatic carbocycles. The Bertz CT molecular complexity index is 2990. The van der Waals surface area contributed by atoms with Crippen molar-refractivity contribution in [1.82, 2.24) is 20.4 Å². The molecular formula is C60H70N6O13. The molecule has 2 N–H and O–H groups in total. The number of carbonyl (C=O) groups is 7. The van der Waals surface area contributed by atoms with Gasteiger partial charge in [-0.05, 0) is 111 Å². The molecule has 3 aliphatic rings. The molecule has 3 heterocycles. The van der Waals surface area contributed by atoms with Crippen LogP contribution in [0.2, 0.25) is 0 Å². The Balaban J connectivity index is 0.000000274. The smallest absolute Gasteiger partial charge is 0.410 e. The van der Waals surface area contributed by atoms with Gasteiger partial charge < -0.3 is 58.7 Å². The largest absolute Gasteiger partial charge is 0.476 e. The predicted octanol–water partition coefficient (Wildman–Crippen LogP) is 8.23. The normalized spacial score (nSPS) is 15.9. The molecule has 0 radical (unpaired) electrons. The van der Waals surface area contributed by atoms with Crippen LogP contribution < -0.4 is 29.9 Å². The Hall–Kier alpha value is -8.71. The molecule has 4 aromatic carbocycles. The van der Waals surface area contributed by atoms with Crippen molar-refractivity contribution in [3.63, 3.8) is 0 Å². The van der Waals surface area contributed by atoms with Gasteiger partial charge in [-0.3, -0.25) is 14.4 Å². The molecule has 0 saturated carbocycles. The lowest BCUT2D eigenvalue weighted by atomic mass is 9.97. The third kappa shape index (κ3) is 15.1. The van der Waals surface area contributed by atoms with Crippen molar-refractivity contribution < 1.29 is 62.0 Å². The molecule has 0 unspecified atom stereocenters. The van der Waals surface area contributed by atoms with Crippen molar-refractivity contribution in [3.8, 4) is 36.2 Å². The summed E-state index contributed by atoms with van der Waals surface area (Å²) < 4.78 is 32.8. The van der Waals surface area contributed by atoms with Gasteiger partial charge in [0.2, 0.25) is 0 Å². The van der Waals surface area contributed by atoms with Crippen LogP contribution in [-0.2, 0) is 41.8 Å². The number of esters is 1. The van der Waals surface area contributed by atoms with Gasteiger partial charge in [-0.15, -0.1) is 12.8 Å². The molecule has 19 heteroatoms. The average molecular weight is 1080 g/mol. The number of hydrogen-bond donors (Lipinski definition) is 2. The number of methoxy groups -OCH3 is 1. The van der Waals surface area contributed by atoms with Crippen molar-refractivity contribution in [2.45, 2.75) is 117 Å². The Morgan fingerprint density at radius 2 is 1.19 bits per heavy atom. The van der Waals surface area contributed by atoms with Crippen LogP contribution in [0.3, 0.4) is 0 Å². The van der Waals surface area contributed by atoms with Crippen LogP contribution in [0.15, 0.2) is 84.9 Å². The quantitative estimate of drug-likeness (QED) is 0.0693. The summed E-state index contributed by atoms with van der Waals surface area (Å²) in [6.45, 7) is 17.4. The molecule has 1 fully saturated rings. The van der Waals surface area contributed by atoms with Gasteiger partial charge in [-0.2, -0.15) is 0 Å².